The smallest absolute Gasteiger partial charge is 0.907 e. The van der Waals surface area contributed by atoms with Gasteiger partial charge in [0, 0.05) is 0 Å². The predicted octanol–water partition coefficient (Wildman–Crippen LogP) is -6.95. The van der Waals surface area contributed by atoms with Crippen LogP contribution in [-0.2, 0) is 21.7 Å². The van der Waals surface area contributed by atoms with Gasteiger partial charge < -0.3 is 15.1 Å². The van der Waals surface area contributed by atoms with Crippen molar-refractivity contribution < 1.29 is 88.2 Å². The molecule has 0 fully saturated rings. The zero-order valence-electron chi connectivity index (χ0n) is 3.30. The van der Waals surface area contributed by atoms with Gasteiger partial charge in [-0.05, 0) is 0 Å². The van der Waals surface area contributed by atoms with E-state index in [0.29, 0.717) is 0 Å². The summed E-state index contributed by atoms with van der Waals surface area (Å²) in [6, 6.07) is 0. The first-order valence-electron chi connectivity index (χ1n) is 0.707. The average molecular weight is 146 g/mol. The Morgan fingerprint density at radius 3 is 1.00 bits per heavy atom. The van der Waals surface area contributed by atoms with Crippen molar-refractivity contribution >= 4 is 7.32 Å². The van der Waals surface area contributed by atoms with Gasteiger partial charge in [-0.1, -0.05) is 0 Å². The zero-order valence-corrected chi connectivity index (χ0v) is 7.99. The molecule has 0 aliphatic carbocycles. The van der Waals surface area contributed by atoms with Crippen molar-refractivity contribution in [2.75, 3.05) is 0 Å². The van der Waals surface area contributed by atoms with Crippen LogP contribution in [0, 0.1) is 0 Å². The molecule has 0 saturated heterocycles. The maximum absolute atomic E-state index is 8.42. The van der Waals surface area contributed by atoms with Crippen LogP contribution in [0.25, 0.3) is 0 Å². The zero-order chi connectivity index (χ0) is 3.58. The van der Waals surface area contributed by atoms with Crippen molar-refractivity contribution in [3.8, 4) is 0 Å². The second kappa shape index (κ2) is 10.3. The summed E-state index contributed by atoms with van der Waals surface area (Å²) < 4.78 is 0. The summed E-state index contributed by atoms with van der Waals surface area (Å²) in [6.07, 6.45) is 0. The molecule has 0 amide bonds. The van der Waals surface area contributed by atoms with Gasteiger partial charge in [0.15, 0.2) is 0 Å². The second-order valence-electron chi connectivity index (χ2n) is 0.289. The third-order valence-electron chi connectivity index (χ3n) is 0. The first kappa shape index (κ1) is 15.7. The van der Waals surface area contributed by atoms with Gasteiger partial charge in [0.2, 0.25) is 0 Å². The van der Waals surface area contributed by atoms with Gasteiger partial charge >= 0.3 is 73.1 Å². The van der Waals surface area contributed by atoms with Crippen LogP contribution in [0.2, 0.25) is 0 Å². The van der Waals surface area contributed by atoms with Gasteiger partial charge in [0.1, 0.15) is 0 Å². The van der Waals surface area contributed by atoms with Crippen molar-refractivity contribution in [2.24, 2.45) is 0 Å². The summed E-state index contributed by atoms with van der Waals surface area (Å²) in [5.74, 6) is 0. The van der Waals surface area contributed by atoms with E-state index in [1.54, 1.807) is 0 Å². The second-order valence-corrected chi connectivity index (χ2v) is 0.289. The molecule has 0 radical (unpaired) electrons. The monoisotopic (exact) mass is 146 g/mol. The van der Waals surface area contributed by atoms with Gasteiger partial charge in [-0.15, -0.1) is 0 Å². The molecule has 0 saturated carbocycles. The summed E-state index contributed by atoms with van der Waals surface area (Å²) >= 11 is 0. The third kappa shape index (κ3) is 33.5. The Morgan fingerprint density at radius 1 is 1.00 bits per heavy atom. The predicted molar refractivity (Wildman–Crippen MR) is 5.75 cm³/mol. The SMILES string of the molecule is [K+].[O-]B([O-])[O-].[Ti+4]. The number of rotatable bonds is 0. The van der Waals surface area contributed by atoms with Crippen molar-refractivity contribution in [2.45, 2.75) is 0 Å². The molecule has 6 heavy (non-hydrogen) atoms. The molecule has 0 rings (SSSR count). The minimum absolute atomic E-state index is 0. The molecule has 6 heteroatoms. The molecule has 0 aromatic heterocycles. The molecule has 0 aromatic rings. The van der Waals surface area contributed by atoms with Gasteiger partial charge in [0.25, 0.3) is 0 Å². The molecule has 0 aliphatic heterocycles. The fourth-order valence-corrected chi connectivity index (χ4v) is 0. The van der Waals surface area contributed by atoms with E-state index in [1.807, 2.05) is 0 Å². The van der Waals surface area contributed by atoms with E-state index in [0.717, 1.165) is 0 Å². The van der Waals surface area contributed by atoms with E-state index in [4.69, 9.17) is 15.1 Å². The largest absolute Gasteiger partial charge is 4.00 e. The van der Waals surface area contributed by atoms with E-state index in [9.17, 15) is 0 Å². The van der Waals surface area contributed by atoms with Crippen LogP contribution in [0.3, 0.4) is 0 Å². The average Bonchev–Trinajstić information content (AvgIpc) is 0.811. The summed E-state index contributed by atoms with van der Waals surface area (Å²) in [6.45, 7) is 0. The maximum Gasteiger partial charge on any atom is 4.00 e. The summed E-state index contributed by atoms with van der Waals surface area (Å²) in [7, 11) is -2.92. The third-order valence-corrected chi connectivity index (χ3v) is 0. The van der Waals surface area contributed by atoms with Crippen molar-refractivity contribution in [1.82, 2.24) is 0 Å². The maximum atomic E-state index is 8.42. The first-order chi connectivity index (χ1) is 1.73. The number of hydrogen-bond acceptors (Lipinski definition) is 3. The molecule has 0 atom stereocenters. The molecular formula is BKO3Ti+2. The molecule has 0 N–H and O–H groups in total. The minimum Gasteiger partial charge on any atom is -0.907 e. The quantitative estimate of drug-likeness (QED) is 0.319. The Kier molecular flexibility index (Phi) is 27.1. The molecule has 24 valence electrons. The van der Waals surface area contributed by atoms with Gasteiger partial charge in [-0.2, -0.15) is 0 Å². The molecule has 0 heterocycles. The minimum atomic E-state index is -2.92. The molecular weight excluding hydrogens is 146 g/mol. The van der Waals surface area contributed by atoms with Crippen LogP contribution in [0.15, 0.2) is 0 Å². The Bertz CT molecular complexity index is 15.5. The van der Waals surface area contributed by atoms with Crippen molar-refractivity contribution in [3.63, 3.8) is 0 Å². The topological polar surface area (TPSA) is 69.2 Å². The molecule has 0 bridgehead atoms. The summed E-state index contributed by atoms with van der Waals surface area (Å²) in [4.78, 5) is 0. The standard InChI is InChI=1S/BO3.K.Ti/c2-1(3)4;;/q-3;+1;+4. The first-order valence-corrected chi connectivity index (χ1v) is 0.707. The molecule has 0 aromatic carbocycles. The number of hydrogen-bond donors (Lipinski definition) is 0. The fourth-order valence-electron chi connectivity index (χ4n) is 0. The van der Waals surface area contributed by atoms with Gasteiger partial charge in [-0.3, -0.25) is 7.32 Å². The fraction of sp³-hybridized carbons (Fsp3) is 0. The normalized spacial score (nSPS) is 4.50. The summed E-state index contributed by atoms with van der Waals surface area (Å²) in [5, 5.41) is 25.2. The van der Waals surface area contributed by atoms with E-state index in [-0.39, 0.29) is 73.1 Å². The summed E-state index contributed by atoms with van der Waals surface area (Å²) in [5.41, 5.74) is 0. The molecule has 0 spiro atoms. The molecule has 0 aliphatic rings. The van der Waals surface area contributed by atoms with Gasteiger partial charge in [0.05, 0.1) is 0 Å². The Balaban J connectivity index is -0.0000000450. The Morgan fingerprint density at radius 2 is 1.00 bits per heavy atom. The van der Waals surface area contributed by atoms with Crippen LogP contribution in [0.1, 0.15) is 0 Å². The Hall–Kier alpha value is 2.30. The van der Waals surface area contributed by atoms with Crippen LogP contribution in [0.5, 0.6) is 0 Å². The molecule has 3 nitrogen and oxygen atoms in total. The van der Waals surface area contributed by atoms with E-state index < -0.39 is 7.32 Å². The Labute approximate surface area is 93.6 Å². The van der Waals surface area contributed by atoms with Crippen LogP contribution < -0.4 is 66.5 Å². The van der Waals surface area contributed by atoms with E-state index >= 15 is 0 Å². The van der Waals surface area contributed by atoms with Crippen LogP contribution in [0.4, 0.5) is 0 Å². The van der Waals surface area contributed by atoms with E-state index in [1.165, 1.54) is 0 Å². The van der Waals surface area contributed by atoms with E-state index in [2.05, 4.69) is 0 Å². The van der Waals surface area contributed by atoms with Crippen LogP contribution in [-0.4, -0.2) is 7.32 Å². The molecule has 0 unspecified atom stereocenters. The van der Waals surface area contributed by atoms with Crippen LogP contribution >= 0.6 is 0 Å². The van der Waals surface area contributed by atoms with Crippen molar-refractivity contribution in [3.05, 3.63) is 0 Å². The van der Waals surface area contributed by atoms with Gasteiger partial charge in [-0.25, -0.2) is 0 Å². The van der Waals surface area contributed by atoms with Crippen molar-refractivity contribution in [1.29, 1.82) is 0 Å².